The molecule has 0 spiro atoms. The van der Waals surface area contributed by atoms with Crippen LogP contribution < -0.4 is 0 Å². The van der Waals surface area contributed by atoms with E-state index >= 15 is 0 Å². The van der Waals surface area contributed by atoms with Crippen LogP contribution in [0.15, 0.2) is 12.2 Å². The van der Waals surface area contributed by atoms with Crippen molar-refractivity contribution in [2.24, 2.45) is 0 Å². The van der Waals surface area contributed by atoms with Crippen molar-refractivity contribution in [2.75, 3.05) is 39.6 Å². The summed E-state index contributed by atoms with van der Waals surface area (Å²) in [5.74, 6) is -2.12. The predicted octanol–water partition coefficient (Wildman–Crippen LogP) is 24.3. The Labute approximate surface area is 612 Å². The van der Waals surface area contributed by atoms with Gasteiger partial charge < -0.3 is 33.8 Å². The van der Waals surface area contributed by atoms with Gasteiger partial charge in [-0.05, 0) is 51.4 Å². The lowest BCUT2D eigenvalue weighted by atomic mass is 10.0. The van der Waals surface area contributed by atoms with Gasteiger partial charge in [-0.3, -0.25) is 37.3 Å². The Bertz CT molecular complexity index is 1940. The molecule has 0 aromatic rings. The van der Waals surface area contributed by atoms with Gasteiger partial charge in [-0.1, -0.05) is 361 Å². The van der Waals surface area contributed by atoms with Gasteiger partial charge in [0.15, 0.2) is 12.2 Å². The molecule has 100 heavy (non-hydrogen) atoms. The minimum atomic E-state index is -4.96. The summed E-state index contributed by atoms with van der Waals surface area (Å²) in [6.07, 6.45) is 68.9. The Balaban J connectivity index is 5.27. The summed E-state index contributed by atoms with van der Waals surface area (Å²) in [5, 5.41) is 10.6. The van der Waals surface area contributed by atoms with E-state index in [-0.39, 0.29) is 25.7 Å². The molecule has 17 nitrogen and oxygen atoms in total. The molecule has 0 saturated carbocycles. The first-order chi connectivity index (χ1) is 48.7. The lowest BCUT2D eigenvalue weighted by molar-refractivity contribution is -0.161. The van der Waals surface area contributed by atoms with E-state index < -0.39 is 97.5 Å². The number of unbranched alkanes of at least 4 members (excludes halogenated alkanes) is 53. The van der Waals surface area contributed by atoms with Crippen molar-refractivity contribution >= 4 is 39.5 Å². The van der Waals surface area contributed by atoms with Crippen LogP contribution in [0.4, 0.5) is 0 Å². The fraction of sp³-hybridized carbons (Fsp3) is 0.926. The third-order valence-electron chi connectivity index (χ3n) is 18.8. The molecule has 0 amide bonds. The number of aliphatic hydroxyl groups is 1. The summed E-state index contributed by atoms with van der Waals surface area (Å²) in [4.78, 5) is 73.1. The highest BCUT2D eigenvalue weighted by Gasteiger charge is 2.30. The molecule has 0 aliphatic heterocycles. The first kappa shape index (κ1) is 97.8. The lowest BCUT2D eigenvalue weighted by Gasteiger charge is -2.21. The number of phosphoric ester groups is 2. The molecule has 0 saturated heterocycles. The minimum absolute atomic E-state index is 0.105. The van der Waals surface area contributed by atoms with E-state index in [2.05, 4.69) is 39.8 Å². The SMILES string of the molecule is CCCCCCCC/C=C\CCCCCCCC(=O)OC[C@H](COP(=O)(O)OC[C@H](O)COP(=O)(O)OC[C@@H](COC(=O)CCCCCCCCCCCCCCCCCCC)OC(=O)CCCCCCCCCCCCCCC)OC(=O)CCCCCCCCCCCCCCCCC. The zero-order valence-electron chi connectivity index (χ0n) is 64.9. The number of carbonyl (C=O) groups excluding carboxylic acids is 4. The molecular weight excluding hydrogens is 1310 g/mol. The molecule has 0 radical (unpaired) electrons. The molecule has 5 atom stereocenters. The van der Waals surface area contributed by atoms with Crippen LogP contribution in [0.5, 0.6) is 0 Å². The number of aliphatic hydroxyl groups excluding tert-OH is 1. The first-order valence-electron chi connectivity index (χ1n) is 41.9. The first-order valence-corrected chi connectivity index (χ1v) is 44.9. The summed E-state index contributed by atoms with van der Waals surface area (Å²) in [7, 11) is -9.92. The highest BCUT2D eigenvalue weighted by Crippen LogP contribution is 2.45. The highest BCUT2D eigenvalue weighted by atomic mass is 31.2. The van der Waals surface area contributed by atoms with E-state index in [9.17, 15) is 43.2 Å². The second-order valence-corrected chi connectivity index (χ2v) is 31.7. The Kier molecular flexibility index (Phi) is 73.4. The smallest absolute Gasteiger partial charge is 0.462 e. The van der Waals surface area contributed by atoms with E-state index in [4.69, 9.17) is 37.0 Å². The van der Waals surface area contributed by atoms with E-state index in [1.807, 2.05) is 0 Å². The fourth-order valence-electron chi connectivity index (χ4n) is 12.3. The number of carbonyl (C=O) groups is 4. The van der Waals surface area contributed by atoms with Gasteiger partial charge in [0.25, 0.3) is 0 Å². The summed E-state index contributed by atoms with van der Waals surface area (Å²) in [6, 6.07) is 0. The average Bonchev–Trinajstić information content (AvgIpc) is 0.988. The molecule has 0 aromatic carbocycles. The number of hydrogen-bond acceptors (Lipinski definition) is 15. The number of allylic oxidation sites excluding steroid dienone is 2. The molecule has 19 heteroatoms. The molecule has 0 fully saturated rings. The van der Waals surface area contributed by atoms with Crippen LogP contribution >= 0.6 is 15.6 Å². The van der Waals surface area contributed by atoms with Crippen molar-refractivity contribution in [3.63, 3.8) is 0 Å². The molecule has 0 aliphatic rings. The van der Waals surface area contributed by atoms with Crippen LogP contribution in [-0.4, -0.2) is 96.7 Å². The van der Waals surface area contributed by atoms with E-state index in [1.54, 1.807) is 0 Å². The molecule has 0 bridgehead atoms. The molecule has 0 aromatic heterocycles. The zero-order chi connectivity index (χ0) is 73.2. The van der Waals surface area contributed by atoms with Crippen molar-refractivity contribution in [3.05, 3.63) is 12.2 Å². The van der Waals surface area contributed by atoms with Crippen molar-refractivity contribution in [1.82, 2.24) is 0 Å². The van der Waals surface area contributed by atoms with Crippen LogP contribution in [0.3, 0.4) is 0 Å². The summed E-state index contributed by atoms with van der Waals surface area (Å²) < 4.78 is 68.7. The minimum Gasteiger partial charge on any atom is -0.462 e. The second kappa shape index (κ2) is 75.0. The topological polar surface area (TPSA) is 237 Å². The van der Waals surface area contributed by atoms with Gasteiger partial charge in [-0.25, -0.2) is 9.13 Å². The van der Waals surface area contributed by atoms with Crippen LogP contribution in [0.25, 0.3) is 0 Å². The highest BCUT2D eigenvalue weighted by molar-refractivity contribution is 7.47. The molecule has 0 rings (SSSR count). The molecular formula is C81H156O17P2. The molecule has 592 valence electrons. The summed E-state index contributed by atoms with van der Waals surface area (Å²) in [6.45, 7) is 5.01. The van der Waals surface area contributed by atoms with Gasteiger partial charge in [0.05, 0.1) is 26.4 Å². The van der Waals surface area contributed by atoms with Gasteiger partial charge in [0.2, 0.25) is 0 Å². The van der Waals surface area contributed by atoms with Crippen LogP contribution in [0.1, 0.15) is 426 Å². The normalized spacial score (nSPS) is 13.9. The van der Waals surface area contributed by atoms with Crippen molar-refractivity contribution < 1.29 is 80.2 Å². The van der Waals surface area contributed by atoms with Gasteiger partial charge in [0, 0.05) is 25.7 Å². The zero-order valence-corrected chi connectivity index (χ0v) is 66.7. The monoisotopic (exact) mass is 1460 g/mol. The van der Waals surface area contributed by atoms with Gasteiger partial charge in [-0.15, -0.1) is 0 Å². The summed E-state index contributed by atoms with van der Waals surface area (Å²) in [5.41, 5.74) is 0. The van der Waals surface area contributed by atoms with Crippen LogP contribution in [-0.2, 0) is 65.4 Å². The van der Waals surface area contributed by atoms with E-state index in [0.717, 1.165) is 109 Å². The maximum absolute atomic E-state index is 13.1. The van der Waals surface area contributed by atoms with Crippen molar-refractivity contribution in [2.45, 2.75) is 444 Å². The fourth-order valence-corrected chi connectivity index (χ4v) is 13.9. The number of esters is 4. The molecule has 2 unspecified atom stereocenters. The second-order valence-electron chi connectivity index (χ2n) is 28.8. The number of phosphoric acid groups is 2. The summed E-state index contributed by atoms with van der Waals surface area (Å²) >= 11 is 0. The van der Waals surface area contributed by atoms with E-state index in [1.165, 1.54) is 238 Å². The molecule has 3 N–H and O–H groups in total. The molecule has 0 heterocycles. The number of ether oxygens (including phenoxy) is 4. The lowest BCUT2D eigenvalue weighted by Crippen LogP contribution is -2.30. The average molecular weight is 1460 g/mol. The quantitative estimate of drug-likeness (QED) is 0.0169. The maximum atomic E-state index is 13.1. The predicted molar refractivity (Wildman–Crippen MR) is 409 cm³/mol. The van der Waals surface area contributed by atoms with Gasteiger partial charge in [-0.2, -0.15) is 0 Å². The van der Waals surface area contributed by atoms with Crippen molar-refractivity contribution in [3.8, 4) is 0 Å². The third-order valence-corrected chi connectivity index (χ3v) is 20.7. The Morgan fingerprint density at radius 3 is 0.690 bits per heavy atom. The number of rotatable bonds is 81. The van der Waals surface area contributed by atoms with Crippen LogP contribution in [0.2, 0.25) is 0 Å². The number of hydrogen-bond donors (Lipinski definition) is 3. The third kappa shape index (κ3) is 74.1. The Morgan fingerprint density at radius 1 is 0.270 bits per heavy atom. The van der Waals surface area contributed by atoms with Gasteiger partial charge >= 0.3 is 39.5 Å². The standard InChI is InChI=1S/C81H156O17P2/c1-5-9-13-17-21-25-29-33-36-37-40-43-46-50-54-58-62-66-79(84)92-71-76(97-80(85)67-63-59-55-51-47-41-32-28-24-20-16-12-8-4)73-95-99(87,88)93-69-75(82)70-94-100(89,90)96-74-77(98-81(86)68-64-60-56-52-48-44-39-35-31-27-23-19-15-11-7-3)72-91-78(83)65-61-57-53-49-45-42-38-34-30-26-22-18-14-10-6-2/h34,38,75-77,82H,5-33,35-37,39-74H2,1-4H3,(H,87,88)(H,89,90)/b38-34-/t75-,76-,77-/m1/s1. The molecule has 0 aliphatic carbocycles. The van der Waals surface area contributed by atoms with Crippen molar-refractivity contribution in [1.29, 1.82) is 0 Å². The largest absolute Gasteiger partial charge is 0.472 e. The Hall–Kier alpha value is -2.20. The Morgan fingerprint density at radius 2 is 0.460 bits per heavy atom. The van der Waals surface area contributed by atoms with Crippen LogP contribution in [0, 0.1) is 0 Å². The van der Waals surface area contributed by atoms with Gasteiger partial charge in [0.1, 0.15) is 19.3 Å². The maximum Gasteiger partial charge on any atom is 0.472 e. The van der Waals surface area contributed by atoms with E-state index in [0.29, 0.717) is 25.7 Å².